The fourth-order valence-electron chi connectivity index (χ4n) is 1.12. The summed E-state index contributed by atoms with van der Waals surface area (Å²) in [5.74, 6) is 1.40. The third-order valence-electron chi connectivity index (χ3n) is 2.10. The van der Waals surface area contributed by atoms with Gasteiger partial charge in [0.25, 0.3) is 0 Å². The number of methoxy groups -OCH3 is 1. The van der Waals surface area contributed by atoms with E-state index in [9.17, 15) is 0 Å². The summed E-state index contributed by atoms with van der Waals surface area (Å²) in [6, 6.07) is 0. The Hall–Kier alpha value is -1.28. The Bertz CT molecular complexity index is 393. The molecule has 0 aliphatic rings. The average molecular weight is 287 g/mol. The van der Waals surface area contributed by atoms with Crippen molar-refractivity contribution in [2.24, 2.45) is 10.7 Å². The SMILES string of the molecule is CN=C(N)NC(SCCC(=N)OC)c1cscn1. The first-order valence-corrected chi connectivity index (χ1v) is 7.26. The highest BCUT2D eigenvalue weighted by Gasteiger charge is 2.14. The number of rotatable bonds is 6. The molecule has 1 rings (SSSR count). The number of hydrogen-bond donors (Lipinski definition) is 3. The number of aromatic nitrogens is 1. The van der Waals surface area contributed by atoms with Gasteiger partial charge in [-0.05, 0) is 0 Å². The molecule has 100 valence electrons. The Morgan fingerprint density at radius 1 is 1.78 bits per heavy atom. The molecule has 0 amide bonds. The van der Waals surface area contributed by atoms with Crippen LogP contribution in [-0.4, -0.2) is 36.8 Å². The van der Waals surface area contributed by atoms with E-state index in [0.29, 0.717) is 12.4 Å². The maximum absolute atomic E-state index is 7.42. The standard InChI is InChI=1S/C10H17N5OS2/c1-13-10(12)15-9(7-5-17-6-14-7)18-4-3-8(11)16-2/h5-6,9,11H,3-4H2,1-2H3,(H3,12,13,15). The lowest BCUT2D eigenvalue weighted by atomic mass is 10.5. The van der Waals surface area contributed by atoms with Crippen LogP contribution in [0, 0.1) is 5.41 Å². The van der Waals surface area contributed by atoms with Crippen LogP contribution in [0.3, 0.4) is 0 Å². The van der Waals surface area contributed by atoms with Crippen LogP contribution in [0.1, 0.15) is 17.5 Å². The van der Waals surface area contributed by atoms with Gasteiger partial charge < -0.3 is 15.8 Å². The fraction of sp³-hybridized carbons (Fsp3) is 0.500. The molecule has 4 N–H and O–H groups in total. The van der Waals surface area contributed by atoms with E-state index in [1.807, 2.05) is 5.38 Å². The number of aliphatic imine (C=N–C) groups is 1. The second-order valence-corrected chi connectivity index (χ2v) is 5.23. The highest BCUT2D eigenvalue weighted by Crippen LogP contribution is 2.26. The Morgan fingerprint density at radius 3 is 3.11 bits per heavy atom. The molecule has 1 aromatic heterocycles. The average Bonchev–Trinajstić information content (AvgIpc) is 2.90. The van der Waals surface area contributed by atoms with Gasteiger partial charge in [-0.3, -0.25) is 10.4 Å². The molecule has 6 nitrogen and oxygen atoms in total. The van der Waals surface area contributed by atoms with Gasteiger partial charge in [0, 0.05) is 24.6 Å². The van der Waals surface area contributed by atoms with Gasteiger partial charge in [-0.2, -0.15) is 0 Å². The highest BCUT2D eigenvalue weighted by atomic mass is 32.2. The number of thioether (sulfide) groups is 1. The second-order valence-electron chi connectivity index (χ2n) is 3.29. The van der Waals surface area contributed by atoms with Gasteiger partial charge in [-0.1, -0.05) is 0 Å². The summed E-state index contributed by atoms with van der Waals surface area (Å²) < 4.78 is 4.81. The van der Waals surface area contributed by atoms with Crippen molar-refractivity contribution >= 4 is 35.0 Å². The molecule has 0 fully saturated rings. The molecule has 0 saturated heterocycles. The van der Waals surface area contributed by atoms with Crippen molar-refractivity contribution in [2.75, 3.05) is 19.9 Å². The maximum Gasteiger partial charge on any atom is 0.189 e. The topological polar surface area (TPSA) is 96.4 Å². The first-order valence-electron chi connectivity index (χ1n) is 5.27. The van der Waals surface area contributed by atoms with Crippen LogP contribution in [-0.2, 0) is 4.74 Å². The van der Waals surface area contributed by atoms with Gasteiger partial charge in [-0.15, -0.1) is 23.1 Å². The fourth-order valence-corrected chi connectivity index (χ4v) is 2.83. The summed E-state index contributed by atoms with van der Waals surface area (Å²) in [7, 11) is 3.14. The van der Waals surface area contributed by atoms with Crippen LogP contribution in [0.2, 0.25) is 0 Å². The predicted molar refractivity (Wildman–Crippen MR) is 77.3 cm³/mol. The van der Waals surface area contributed by atoms with Crippen LogP contribution in [0.15, 0.2) is 15.9 Å². The smallest absolute Gasteiger partial charge is 0.189 e. The Balaban J connectivity index is 2.53. The van der Waals surface area contributed by atoms with Crippen LogP contribution >= 0.6 is 23.1 Å². The van der Waals surface area contributed by atoms with E-state index < -0.39 is 0 Å². The number of ether oxygens (including phenoxy) is 1. The first kappa shape index (κ1) is 14.8. The van der Waals surface area contributed by atoms with Gasteiger partial charge in [0.05, 0.1) is 18.3 Å². The molecule has 1 aromatic rings. The van der Waals surface area contributed by atoms with Crippen molar-refractivity contribution in [3.8, 4) is 0 Å². The number of nitrogens with zero attached hydrogens (tertiary/aromatic N) is 2. The molecule has 1 atom stereocenters. The van der Waals surface area contributed by atoms with E-state index in [1.165, 1.54) is 18.4 Å². The van der Waals surface area contributed by atoms with Crippen LogP contribution < -0.4 is 11.1 Å². The molecule has 18 heavy (non-hydrogen) atoms. The maximum atomic E-state index is 7.42. The van der Waals surface area contributed by atoms with Crippen molar-refractivity contribution in [1.29, 1.82) is 5.41 Å². The zero-order valence-corrected chi connectivity index (χ0v) is 12.0. The normalized spacial score (nSPS) is 13.1. The number of thiazole rings is 1. The van der Waals surface area contributed by atoms with Gasteiger partial charge >= 0.3 is 0 Å². The molecule has 0 aromatic carbocycles. The zero-order valence-electron chi connectivity index (χ0n) is 10.3. The van der Waals surface area contributed by atoms with Crippen LogP contribution in [0.4, 0.5) is 0 Å². The summed E-state index contributed by atoms with van der Waals surface area (Å²) >= 11 is 3.15. The minimum absolute atomic E-state index is 0.0513. The number of guanidine groups is 1. The largest absolute Gasteiger partial charge is 0.484 e. The molecule has 0 aliphatic carbocycles. The first-order chi connectivity index (χ1) is 8.67. The molecule has 8 heteroatoms. The van der Waals surface area contributed by atoms with Crippen molar-refractivity contribution in [3.63, 3.8) is 0 Å². The summed E-state index contributed by atoms with van der Waals surface area (Å²) in [5, 5.41) is 12.4. The Labute approximate surface area is 115 Å². The molecule has 1 heterocycles. The summed E-state index contributed by atoms with van der Waals surface area (Å²) in [6.45, 7) is 0. The molecule has 0 saturated carbocycles. The highest BCUT2D eigenvalue weighted by molar-refractivity contribution is 7.99. The summed E-state index contributed by atoms with van der Waals surface area (Å²) in [5.41, 5.74) is 8.37. The summed E-state index contributed by atoms with van der Waals surface area (Å²) in [6.07, 6.45) is 0.576. The van der Waals surface area contributed by atoms with E-state index in [-0.39, 0.29) is 11.3 Å². The Morgan fingerprint density at radius 2 is 2.56 bits per heavy atom. The van der Waals surface area contributed by atoms with E-state index in [4.69, 9.17) is 15.9 Å². The molecule has 0 radical (unpaired) electrons. The predicted octanol–water partition coefficient (Wildman–Crippen LogP) is 1.42. The van der Waals surface area contributed by atoms with Gasteiger partial charge in [0.15, 0.2) is 11.9 Å². The van der Waals surface area contributed by atoms with Crippen LogP contribution in [0.25, 0.3) is 0 Å². The molecular formula is C10H17N5OS2. The van der Waals surface area contributed by atoms with E-state index in [2.05, 4.69) is 15.3 Å². The molecule has 1 unspecified atom stereocenters. The number of nitrogens with one attached hydrogen (secondary N) is 2. The molecule has 0 aliphatic heterocycles. The summed E-state index contributed by atoms with van der Waals surface area (Å²) in [4.78, 5) is 8.14. The van der Waals surface area contributed by atoms with Gasteiger partial charge in [0.2, 0.25) is 0 Å². The zero-order chi connectivity index (χ0) is 13.4. The Kier molecular flexibility index (Phi) is 6.51. The van der Waals surface area contributed by atoms with Crippen molar-refractivity contribution in [1.82, 2.24) is 10.3 Å². The van der Waals surface area contributed by atoms with Crippen molar-refractivity contribution < 1.29 is 4.74 Å². The third kappa shape index (κ3) is 4.92. The monoisotopic (exact) mass is 287 g/mol. The lowest BCUT2D eigenvalue weighted by Crippen LogP contribution is -2.33. The quantitative estimate of drug-likeness (QED) is 0.418. The van der Waals surface area contributed by atoms with Crippen molar-refractivity contribution in [3.05, 3.63) is 16.6 Å². The number of nitrogens with two attached hydrogens (primary N) is 1. The van der Waals surface area contributed by atoms with E-state index in [0.717, 1.165) is 11.4 Å². The lowest BCUT2D eigenvalue weighted by molar-refractivity contribution is 0.389. The van der Waals surface area contributed by atoms with Gasteiger partial charge in [0.1, 0.15) is 5.37 Å². The van der Waals surface area contributed by atoms with Crippen molar-refractivity contribution in [2.45, 2.75) is 11.8 Å². The second kappa shape index (κ2) is 7.93. The minimum atomic E-state index is -0.0513. The van der Waals surface area contributed by atoms with E-state index >= 15 is 0 Å². The van der Waals surface area contributed by atoms with E-state index in [1.54, 1.807) is 24.3 Å². The number of hydrogen-bond acceptors (Lipinski definition) is 6. The molecule has 0 bridgehead atoms. The molecule has 0 spiro atoms. The minimum Gasteiger partial charge on any atom is -0.484 e. The van der Waals surface area contributed by atoms with Gasteiger partial charge in [-0.25, -0.2) is 4.98 Å². The third-order valence-corrected chi connectivity index (χ3v) is 3.84. The lowest BCUT2D eigenvalue weighted by Gasteiger charge is -2.16. The molecular weight excluding hydrogens is 270 g/mol. The van der Waals surface area contributed by atoms with Crippen LogP contribution in [0.5, 0.6) is 0 Å².